The van der Waals surface area contributed by atoms with E-state index in [1.807, 2.05) is 60.7 Å². The summed E-state index contributed by atoms with van der Waals surface area (Å²) >= 11 is 0. The number of nitrogens with zero attached hydrogens (tertiary/aromatic N) is 3. The molecule has 3 heterocycles. The summed E-state index contributed by atoms with van der Waals surface area (Å²) in [7, 11) is 0. The molecule has 60 heavy (non-hydrogen) atoms. The van der Waals surface area contributed by atoms with Crippen molar-refractivity contribution in [1.29, 1.82) is 0 Å². The summed E-state index contributed by atoms with van der Waals surface area (Å²) in [6.45, 7) is 0. The second-order valence-electron chi connectivity index (χ2n) is 15.4. The average molecular weight is 766 g/mol. The number of aromatic nitrogens is 3. The van der Waals surface area contributed by atoms with Gasteiger partial charge < -0.3 is 8.83 Å². The predicted molar refractivity (Wildman–Crippen MR) is 243 cm³/mol. The van der Waals surface area contributed by atoms with Crippen molar-refractivity contribution in [3.63, 3.8) is 0 Å². The maximum Gasteiger partial charge on any atom is 0.164 e. The van der Waals surface area contributed by atoms with Crippen molar-refractivity contribution in [1.82, 2.24) is 15.0 Å². The van der Waals surface area contributed by atoms with E-state index in [9.17, 15) is 0 Å². The maximum absolute atomic E-state index is 6.29. The zero-order valence-electron chi connectivity index (χ0n) is 32.1. The Kier molecular flexibility index (Phi) is 6.95. The minimum absolute atomic E-state index is 0.573. The molecule has 1 aliphatic carbocycles. The minimum atomic E-state index is 0.573. The van der Waals surface area contributed by atoms with E-state index >= 15 is 0 Å². The van der Waals surface area contributed by atoms with Crippen LogP contribution in [0.15, 0.2) is 197 Å². The first-order chi connectivity index (χ1) is 29.7. The zero-order chi connectivity index (χ0) is 39.3. The van der Waals surface area contributed by atoms with Gasteiger partial charge in [-0.25, -0.2) is 15.0 Å². The fourth-order valence-electron chi connectivity index (χ4n) is 9.38. The van der Waals surface area contributed by atoms with E-state index < -0.39 is 0 Å². The summed E-state index contributed by atoms with van der Waals surface area (Å²) in [5, 5.41) is 6.61. The first-order valence-electron chi connectivity index (χ1n) is 20.2. The molecule has 1 aliphatic rings. The van der Waals surface area contributed by atoms with Crippen molar-refractivity contribution in [2.24, 2.45) is 0 Å². The summed E-state index contributed by atoms with van der Waals surface area (Å²) < 4.78 is 12.6. The Morgan fingerprint density at radius 2 is 0.633 bits per heavy atom. The molecule has 278 valence electrons. The third-order valence-corrected chi connectivity index (χ3v) is 12.1. The molecule has 0 unspecified atom stereocenters. The smallest absolute Gasteiger partial charge is 0.164 e. The van der Waals surface area contributed by atoms with Crippen LogP contribution in [0.25, 0.3) is 133 Å². The lowest BCUT2D eigenvalue weighted by Crippen LogP contribution is -2.00. The molecule has 13 rings (SSSR count). The van der Waals surface area contributed by atoms with Crippen LogP contribution in [0, 0.1) is 0 Å². The highest BCUT2D eigenvalue weighted by Gasteiger charge is 2.23. The topological polar surface area (TPSA) is 65.0 Å². The number of hydrogen-bond donors (Lipinski definition) is 0. The van der Waals surface area contributed by atoms with Gasteiger partial charge in [0.1, 0.15) is 22.3 Å². The van der Waals surface area contributed by atoms with Crippen molar-refractivity contribution in [3.05, 3.63) is 188 Å². The first-order valence-corrected chi connectivity index (χ1v) is 20.2. The van der Waals surface area contributed by atoms with Crippen LogP contribution >= 0.6 is 0 Å². The van der Waals surface area contributed by atoms with Gasteiger partial charge in [0.15, 0.2) is 17.5 Å². The molecule has 0 atom stereocenters. The van der Waals surface area contributed by atoms with Crippen molar-refractivity contribution in [2.45, 2.75) is 0 Å². The quantitative estimate of drug-likeness (QED) is 0.175. The lowest BCUT2D eigenvalue weighted by Gasteiger charge is -2.11. The average Bonchev–Trinajstić information content (AvgIpc) is 4.00. The Labute approximate surface area is 343 Å². The molecule has 0 spiro atoms. The standard InChI is InChI=1S/C55H31N3O2/c1-2-11-38-37(10-1)40-15-7-14-39-36(30-31-41(38)50(39)40)34-26-22-32(23-27-34)33-24-28-35(29-25-33)53-56-54(44-16-8-20-48-51(44)42-12-3-5-18-46(42)59-48)58-55(57-53)45-17-9-21-49-52(45)43-13-4-6-19-47(43)60-49/h1-31H. The zero-order valence-corrected chi connectivity index (χ0v) is 32.1. The Hall–Kier alpha value is -8.15. The van der Waals surface area contributed by atoms with E-state index in [0.717, 1.165) is 71.7 Å². The molecule has 12 aromatic rings. The molecule has 0 radical (unpaired) electrons. The number of rotatable bonds is 5. The van der Waals surface area contributed by atoms with Gasteiger partial charge >= 0.3 is 0 Å². The first kappa shape index (κ1) is 32.9. The van der Waals surface area contributed by atoms with Gasteiger partial charge in [-0.3, -0.25) is 0 Å². The van der Waals surface area contributed by atoms with Crippen molar-refractivity contribution in [3.8, 4) is 78.7 Å². The van der Waals surface area contributed by atoms with Gasteiger partial charge in [-0.1, -0.05) is 164 Å². The van der Waals surface area contributed by atoms with Gasteiger partial charge in [-0.05, 0) is 79.5 Å². The fourth-order valence-corrected chi connectivity index (χ4v) is 9.38. The normalized spacial score (nSPS) is 12.0. The van der Waals surface area contributed by atoms with E-state index in [1.165, 1.54) is 44.2 Å². The van der Waals surface area contributed by atoms with E-state index in [-0.39, 0.29) is 0 Å². The van der Waals surface area contributed by atoms with Gasteiger partial charge in [-0.15, -0.1) is 0 Å². The number of benzene rings is 9. The lowest BCUT2D eigenvalue weighted by molar-refractivity contribution is 0.668. The summed E-state index contributed by atoms with van der Waals surface area (Å²) in [5.74, 6) is 1.73. The van der Waals surface area contributed by atoms with Gasteiger partial charge in [0.05, 0.1) is 0 Å². The molecule has 0 N–H and O–H groups in total. The third kappa shape index (κ3) is 4.90. The monoisotopic (exact) mass is 765 g/mol. The van der Waals surface area contributed by atoms with Crippen LogP contribution in [0.2, 0.25) is 0 Å². The fraction of sp³-hybridized carbons (Fsp3) is 0. The van der Waals surface area contributed by atoms with Gasteiger partial charge in [-0.2, -0.15) is 0 Å². The van der Waals surface area contributed by atoms with E-state index in [0.29, 0.717) is 17.5 Å². The molecule has 0 bridgehead atoms. The van der Waals surface area contributed by atoms with Crippen LogP contribution < -0.4 is 0 Å². The molecule has 0 amide bonds. The van der Waals surface area contributed by atoms with Crippen LogP contribution in [0.4, 0.5) is 0 Å². The lowest BCUT2D eigenvalue weighted by atomic mass is 9.93. The number of hydrogen-bond acceptors (Lipinski definition) is 5. The summed E-state index contributed by atoms with van der Waals surface area (Å²) in [5.41, 5.74) is 15.8. The molecular formula is C55H31N3O2. The van der Waals surface area contributed by atoms with Crippen LogP contribution in [0.5, 0.6) is 0 Å². The summed E-state index contributed by atoms with van der Waals surface area (Å²) in [6, 6.07) is 65.7. The minimum Gasteiger partial charge on any atom is -0.456 e. The number of fused-ring (bicyclic) bond motifs is 9. The number of furan rings is 2. The van der Waals surface area contributed by atoms with Crippen molar-refractivity contribution < 1.29 is 8.83 Å². The highest BCUT2D eigenvalue weighted by Crippen LogP contribution is 2.49. The van der Waals surface area contributed by atoms with Gasteiger partial charge in [0, 0.05) is 38.2 Å². The Morgan fingerprint density at radius 3 is 1.23 bits per heavy atom. The molecule has 0 fully saturated rings. The van der Waals surface area contributed by atoms with Crippen LogP contribution in [-0.4, -0.2) is 15.0 Å². The highest BCUT2D eigenvalue weighted by molar-refractivity contribution is 6.19. The summed E-state index contributed by atoms with van der Waals surface area (Å²) in [6.07, 6.45) is 0. The molecule has 0 saturated heterocycles. The maximum atomic E-state index is 6.29. The second kappa shape index (κ2) is 12.7. The van der Waals surface area contributed by atoms with Gasteiger partial charge in [0.25, 0.3) is 0 Å². The second-order valence-corrected chi connectivity index (χ2v) is 15.4. The molecular weight excluding hydrogens is 735 g/mol. The third-order valence-electron chi connectivity index (χ3n) is 12.1. The molecule has 5 heteroatoms. The van der Waals surface area contributed by atoms with Crippen LogP contribution in [0.1, 0.15) is 0 Å². The van der Waals surface area contributed by atoms with Crippen LogP contribution in [-0.2, 0) is 0 Å². The Morgan fingerprint density at radius 1 is 0.233 bits per heavy atom. The van der Waals surface area contributed by atoms with E-state index in [2.05, 4.69) is 127 Å². The van der Waals surface area contributed by atoms with E-state index in [1.54, 1.807) is 0 Å². The molecule has 9 aromatic carbocycles. The molecule has 3 aromatic heterocycles. The summed E-state index contributed by atoms with van der Waals surface area (Å²) in [4.78, 5) is 15.6. The van der Waals surface area contributed by atoms with Gasteiger partial charge in [0.2, 0.25) is 0 Å². The van der Waals surface area contributed by atoms with Crippen molar-refractivity contribution in [2.75, 3.05) is 0 Å². The highest BCUT2D eigenvalue weighted by atomic mass is 16.3. The van der Waals surface area contributed by atoms with Crippen LogP contribution in [0.3, 0.4) is 0 Å². The van der Waals surface area contributed by atoms with Crippen molar-refractivity contribution >= 4 is 54.6 Å². The molecule has 0 saturated carbocycles. The Balaban J connectivity index is 0.912. The predicted octanol–water partition coefficient (Wildman–Crippen LogP) is 14.8. The van der Waals surface area contributed by atoms with E-state index in [4.69, 9.17) is 23.8 Å². The molecule has 5 nitrogen and oxygen atoms in total. The Bertz CT molecular complexity index is 3550. The molecule has 0 aliphatic heterocycles. The SMILES string of the molecule is c1ccc2c(c1)-c1cccc3c(-c4ccc(-c5ccc(-c6nc(-c7cccc8oc9ccccc9c78)nc(-c7cccc8oc9ccccc9c78)n6)cc5)cc4)ccc-2c13. The largest absolute Gasteiger partial charge is 0.456 e. The number of para-hydroxylation sites is 2.